The fraction of sp³-hybridized carbons (Fsp3) is 0.462. The van der Waals surface area contributed by atoms with Crippen molar-refractivity contribution in [2.75, 3.05) is 11.9 Å². The molecule has 0 bridgehead atoms. The maximum atomic E-state index is 12.0. The van der Waals surface area contributed by atoms with Crippen molar-refractivity contribution < 1.29 is 4.79 Å². The fourth-order valence-corrected chi connectivity index (χ4v) is 1.65. The summed E-state index contributed by atoms with van der Waals surface area (Å²) in [6, 6.07) is 0. The Labute approximate surface area is 122 Å². The number of aromatic nitrogens is 2. The van der Waals surface area contributed by atoms with Crippen LogP contribution in [0.3, 0.4) is 0 Å². The van der Waals surface area contributed by atoms with Crippen LogP contribution in [0.5, 0.6) is 0 Å². The molecule has 0 fully saturated rings. The number of anilines is 1. The van der Waals surface area contributed by atoms with Gasteiger partial charge in [0.15, 0.2) is 0 Å². The van der Waals surface area contributed by atoms with E-state index < -0.39 is 5.56 Å². The van der Waals surface area contributed by atoms with Gasteiger partial charge in [0.2, 0.25) is 5.91 Å². The normalized spacial score (nSPS) is 10.8. The van der Waals surface area contributed by atoms with Gasteiger partial charge in [-0.15, -0.1) is 6.42 Å². The number of hydrogen-bond acceptors (Lipinski definition) is 4. The van der Waals surface area contributed by atoms with Gasteiger partial charge in [0, 0.05) is 5.54 Å². The van der Waals surface area contributed by atoms with E-state index >= 15 is 0 Å². The second kappa shape index (κ2) is 6.44. The van der Waals surface area contributed by atoms with Crippen molar-refractivity contribution >= 4 is 23.2 Å². The van der Waals surface area contributed by atoms with Crippen molar-refractivity contribution in [3.05, 3.63) is 21.6 Å². The Bertz CT molecular complexity index is 596. The zero-order valence-corrected chi connectivity index (χ0v) is 12.4. The molecule has 0 radical (unpaired) electrons. The van der Waals surface area contributed by atoms with Crippen LogP contribution in [0.2, 0.25) is 5.02 Å². The van der Waals surface area contributed by atoms with Gasteiger partial charge < -0.3 is 10.6 Å². The molecule has 7 heteroatoms. The largest absolute Gasteiger partial charge is 0.370 e. The second-order valence-electron chi connectivity index (χ2n) is 5.19. The minimum Gasteiger partial charge on any atom is -0.370 e. The third-order valence-corrected chi connectivity index (χ3v) is 2.47. The number of amides is 1. The average molecular weight is 297 g/mol. The van der Waals surface area contributed by atoms with E-state index in [-0.39, 0.29) is 35.2 Å². The summed E-state index contributed by atoms with van der Waals surface area (Å²) in [4.78, 5) is 23.7. The summed E-state index contributed by atoms with van der Waals surface area (Å²) in [6.45, 7) is 5.57. The SMILES string of the molecule is C#CCn1ncc(Cl)c(NCC(=O)NC(C)(C)C)c1=O. The molecule has 0 aliphatic heterocycles. The van der Waals surface area contributed by atoms with Crippen molar-refractivity contribution in [1.29, 1.82) is 0 Å². The van der Waals surface area contributed by atoms with Gasteiger partial charge in [-0.25, -0.2) is 4.68 Å². The fourth-order valence-electron chi connectivity index (χ4n) is 1.46. The molecule has 1 aromatic rings. The summed E-state index contributed by atoms with van der Waals surface area (Å²) < 4.78 is 1.09. The number of carbonyl (C=O) groups is 1. The molecule has 1 heterocycles. The highest BCUT2D eigenvalue weighted by Gasteiger charge is 2.15. The second-order valence-corrected chi connectivity index (χ2v) is 5.59. The number of nitrogens with zero attached hydrogens (tertiary/aromatic N) is 2. The van der Waals surface area contributed by atoms with Crippen molar-refractivity contribution in [3.8, 4) is 12.3 Å². The highest BCUT2D eigenvalue weighted by Crippen LogP contribution is 2.14. The van der Waals surface area contributed by atoms with E-state index in [1.165, 1.54) is 6.20 Å². The molecule has 1 aromatic heterocycles. The number of hydrogen-bond donors (Lipinski definition) is 2. The molecule has 108 valence electrons. The Hall–Kier alpha value is -2.00. The predicted octanol–water partition coefficient (Wildman–Crippen LogP) is 0.856. The van der Waals surface area contributed by atoms with Gasteiger partial charge in [0.05, 0.1) is 17.8 Å². The van der Waals surface area contributed by atoms with E-state index in [1.807, 2.05) is 20.8 Å². The van der Waals surface area contributed by atoms with Crippen LogP contribution < -0.4 is 16.2 Å². The van der Waals surface area contributed by atoms with Crippen molar-refractivity contribution in [2.24, 2.45) is 0 Å². The molecule has 6 nitrogen and oxygen atoms in total. The van der Waals surface area contributed by atoms with Crippen molar-refractivity contribution in [3.63, 3.8) is 0 Å². The van der Waals surface area contributed by atoms with Gasteiger partial charge in [-0.2, -0.15) is 5.10 Å². The summed E-state index contributed by atoms with van der Waals surface area (Å²) in [5.74, 6) is 2.08. The maximum Gasteiger partial charge on any atom is 0.292 e. The summed E-state index contributed by atoms with van der Waals surface area (Å²) in [5, 5.41) is 9.43. The van der Waals surface area contributed by atoms with Gasteiger partial charge in [-0.05, 0) is 20.8 Å². The van der Waals surface area contributed by atoms with Crippen LogP contribution in [0, 0.1) is 12.3 Å². The van der Waals surface area contributed by atoms with Gasteiger partial charge in [0.1, 0.15) is 12.2 Å². The summed E-state index contributed by atoms with van der Waals surface area (Å²) in [5.41, 5.74) is -0.690. The Morgan fingerprint density at radius 1 is 1.55 bits per heavy atom. The summed E-state index contributed by atoms with van der Waals surface area (Å²) in [6.07, 6.45) is 6.45. The average Bonchev–Trinajstić information content (AvgIpc) is 2.30. The van der Waals surface area contributed by atoms with E-state index in [9.17, 15) is 9.59 Å². The van der Waals surface area contributed by atoms with Crippen LogP contribution in [0.25, 0.3) is 0 Å². The lowest BCUT2D eigenvalue weighted by atomic mass is 10.1. The topological polar surface area (TPSA) is 76.0 Å². The number of terminal acetylenes is 1. The third-order valence-electron chi connectivity index (χ3n) is 2.18. The Morgan fingerprint density at radius 3 is 2.75 bits per heavy atom. The van der Waals surface area contributed by atoms with E-state index in [1.54, 1.807) is 0 Å². The van der Waals surface area contributed by atoms with Crippen molar-refractivity contribution in [1.82, 2.24) is 15.1 Å². The van der Waals surface area contributed by atoms with Crippen LogP contribution in [-0.4, -0.2) is 27.8 Å². The zero-order chi connectivity index (χ0) is 15.3. The van der Waals surface area contributed by atoms with Gasteiger partial charge >= 0.3 is 0 Å². The lowest BCUT2D eigenvalue weighted by molar-refractivity contribution is -0.120. The molecule has 2 N–H and O–H groups in total. The molecule has 0 saturated heterocycles. The van der Waals surface area contributed by atoms with Crippen molar-refractivity contribution in [2.45, 2.75) is 32.9 Å². The van der Waals surface area contributed by atoms with Gasteiger partial charge in [-0.1, -0.05) is 17.5 Å². The Morgan fingerprint density at radius 2 is 2.20 bits per heavy atom. The predicted molar refractivity (Wildman–Crippen MR) is 78.7 cm³/mol. The molecule has 0 unspecified atom stereocenters. The highest BCUT2D eigenvalue weighted by molar-refractivity contribution is 6.33. The van der Waals surface area contributed by atoms with E-state index in [4.69, 9.17) is 18.0 Å². The molecule has 0 atom stereocenters. The minimum atomic E-state index is -0.459. The summed E-state index contributed by atoms with van der Waals surface area (Å²) in [7, 11) is 0. The Balaban J connectivity index is 2.83. The lowest BCUT2D eigenvalue weighted by Gasteiger charge is -2.20. The standard InChI is InChI=1S/C13H17ClN4O2/c1-5-6-18-12(20)11(9(14)7-16-18)15-8-10(19)17-13(2,3)4/h1,7,15H,6,8H2,2-4H3,(H,17,19). The number of carbonyl (C=O) groups excluding carboxylic acids is 1. The Kier molecular flexibility index (Phi) is 5.17. The molecule has 0 aromatic carbocycles. The molecule has 1 amide bonds. The summed E-state index contributed by atoms with van der Waals surface area (Å²) >= 11 is 5.90. The first-order valence-corrected chi connectivity index (χ1v) is 6.36. The first-order chi connectivity index (χ1) is 9.24. The first-order valence-electron chi connectivity index (χ1n) is 5.98. The van der Waals surface area contributed by atoms with Crippen LogP contribution in [-0.2, 0) is 11.3 Å². The molecule has 0 aliphatic rings. The minimum absolute atomic E-state index is 0.0405. The molecule has 0 saturated carbocycles. The smallest absolute Gasteiger partial charge is 0.292 e. The van der Waals surface area contributed by atoms with Crippen LogP contribution in [0.4, 0.5) is 5.69 Å². The maximum absolute atomic E-state index is 12.0. The molecular weight excluding hydrogens is 280 g/mol. The van der Waals surface area contributed by atoms with E-state index in [2.05, 4.69) is 21.7 Å². The van der Waals surface area contributed by atoms with E-state index in [0.29, 0.717) is 0 Å². The van der Waals surface area contributed by atoms with Gasteiger partial charge in [0.25, 0.3) is 5.56 Å². The molecule has 20 heavy (non-hydrogen) atoms. The molecule has 1 rings (SSSR count). The van der Waals surface area contributed by atoms with Gasteiger partial charge in [-0.3, -0.25) is 9.59 Å². The first kappa shape index (κ1) is 16.1. The van der Waals surface area contributed by atoms with Crippen LogP contribution >= 0.6 is 11.6 Å². The zero-order valence-electron chi connectivity index (χ0n) is 11.7. The van der Waals surface area contributed by atoms with Crippen LogP contribution in [0.1, 0.15) is 20.8 Å². The van der Waals surface area contributed by atoms with E-state index in [0.717, 1.165) is 4.68 Å². The lowest BCUT2D eigenvalue weighted by Crippen LogP contribution is -2.43. The molecular formula is C13H17ClN4O2. The number of halogens is 1. The monoisotopic (exact) mass is 296 g/mol. The molecule has 0 spiro atoms. The quantitative estimate of drug-likeness (QED) is 0.808. The third kappa shape index (κ3) is 4.59. The highest BCUT2D eigenvalue weighted by atomic mass is 35.5. The number of nitrogens with one attached hydrogen (secondary N) is 2. The number of rotatable bonds is 4. The molecule has 0 aliphatic carbocycles. The van der Waals surface area contributed by atoms with Crippen LogP contribution in [0.15, 0.2) is 11.0 Å².